The Hall–Kier alpha value is -1.36. The zero-order chi connectivity index (χ0) is 11.8. The van der Waals surface area contributed by atoms with Gasteiger partial charge < -0.3 is 14.8 Å². The number of halogens is 2. The Morgan fingerprint density at radius 2 is 2.12 bits per heavy atom. The van der Waals surface area contributed by atoms with Gasteiger partial charge in [-0.05, 0) is 19.2 Å². The molecule has 1 aromatic carbocycles. The maximum atomic E-state index is 13.2. The van der Waals surface area contributed by atoms with E-state index in [0.29, 0.717) is 23.6 Å². The highest BCUT2D eigenvalue weighted by Crippen LogP contribution is 2.40. The van der Waals surface area contributed by atoms with Crippen molar-refractivity contribution in [2.45, 2.75) is 19.4 Å². The van der Waals surface area contributed by atoms with Crippen LogP contribution in [0.15, 0.2) is 12.1 Å². The minimum atomic E-state index is -2.87. The molecule has 1 N–H and O–H groups in total. The van der Waals surface area contributed by atoms with Gasteiger partial charge in [0.25, 0.3) is 5.92 Å². The molecule has 0 fully saturated rings. The molecule has 0 amide bonds. The molecule has 1 aliphatic rings. The van der Waals surface area contributed by atoms with Crippen molar-refractivity contribution in [2.75, 3.05) is 13.8 Å². The lowest BCUT2D eigenvalue weighted by Crippen LogP contribution is -2.10. The molecule has 88 valence electrons. The van der Waals surface area contributed by atoms with Crippen LogP contribution in [0.4, 0.5) is 8.78 Å². The van der Waals surface area contributed by atoms with Crippen molar-refractivity contribution in [3.8, 4) is 11.5 Å². The molecule has 2 rings (SSSR count). The van der Waals surface area contributed by atoms with Crippen molar-refractivity contribution in [1.29, 1.82) is 0 Å². The smallest absolute Gasteiger partial charge is 0.270 e. The van der Waals surface area contributed by atoms with Crippen LogP contribution in [0, 0.1) is 0 Å². The minimum Gasteiger partial charge on any atom is -0.454 e. The minimum absolute atomic E-state index is 0.0537. The number of nitrogens with one attached hydrogen (secondary N) is 1. The van der Waals surface area contributed by atoms with Gasteiger partial charge in [0.1, 0.15) is 0 Å². The van der Waals surface area contributed by atoms with Crippen LogP contribution in [0.5, 0.6) is 11.5 Å². The van der Waals surface area contributed by atoms with Crippen LogP contribution in [-0.4, -0.2) is 13.8 Å². The molecule has 3 nitrogen and oxygen atoms in total. The number of rotatable bonds is 3. The van der Waals surface area contributed by atoms with Gasteiger partial charge in [0.15, 0.2) is 11.5 Å². The predicted octanol–water partition coefficient (Wildman–Crippen LogP) is 2.25. The number of fused-ring (bicyclic) bond motifs is 1. The molecule has 0 atom stereocenters. The number of ether oxygens (including phenoxy) is 2. The lowest BCUT2D eigenvalue weighted by atomic mass is 10.0. The van der Waals surface area contributed by atoms with E-state index in [1.807, 2.05) is 0 Å². The predicted molar refractivity (Wildman–Crippen MR) is 54.9 cm³/mol. The van der Waals surface area contributed by atoms with Crippen molar-refractivity contribution < 1.29 is 18.3 Å². The Morgan fingerprint density at radius 3 is 2.75 bits per heavy atom. The highest BCUT2D eigenvalue weighted by Gasteiger charge is 2.29. The summed E-state index contributed by atoms with van der Waals surface area (Å²) in [7, 11) is 1.75. The average molecular weight is 229 g/mol. The molecule has 0 unspecified atom stereocenters. The van der Waals surface area contributed by atoms with E-state index < -0.39 is 5.92 Å². The van der Waals surface area contributed by atoms with Gasteiger partial charge >= 0.3 is 0 Å². The molecule has 0 saturated carbocycles. The van der Waals surface area contributed by atoms with Crippen LogP contribution in [0.25, 0.3) is 0 Å². The highest BCUT2D eigenvalue weighted by atomic mass is 19.3. The van der Waals surface area contributed by atoms with E-state index in [0.717, 1.165) is 6.92 Å². The fourth-order valence-corrected chi connectivity index (χ4v) is 1.66. The van der Waals surface area contributed by atoms with E-state index in [-0.39, 0.29) is 12.4 Å². The van der Waals surface area contributed by atoms with Crippen LogP contribution < -0.4 is 14.8 Å². The fourth-order valence-electron chi connectivity index (χ4n) is 1.66. The standard InChI is InChI=1S/C11H13F2NO2/c1-11(12,13)8-3-7(5-14-2)10-9(4-8)15-6-16-10/h3-4,14H,5-6H2,1-2H3. The summed E-state index contributed by atoms with van der Waals surface area (Å²) in [6.07, 6.45) is 0. The first-order valence-corrected chi connectivity index (χ1v) is 4.98. The molecule has 1 aromatic rings. The molecule has 1 aliphatic heterocycles. The molecular weight excluding hydrogens is 216 g/mol. The van der Waals surface area contributed by atoms with Crippen molar-refractivity contribution in [2.24, 2.45) is 0 Å². The van der Waals surface area contributed by atoms with Gasteiger partial charge in [0, 0.05) is 24.6 Å². The summed E-state index contributed by atoms with van der Waals surface area (Å²) in [6.45, 7) is 1.42. The zero-order valence-corrected chi connectivity index (χ0v) is 9.14. The molecule has 16 heavy (non-hydrogen) atoms. The summed E-state index contributed by atoms with van der Waals surface area (Å²) in [5.41, 5.74) is 0.635. The van der Waals surface area contributed by atoms with Gasteiger partial charge in [0.2, 0.25) is 6.79 Å². The van der Waals surface area contributed by atoms with Crippen LogP contribution in [0.3, 0.4) is 0 Å². The van der Waals surface area contributed by atoms with E-state index >= 15 is 0 Å². The average Bonchev–Trinajstić information content (AvgIpc) is 2.64. The topological polar surface area (TPSA) is 30.5 Å². The van der Waals surface area contributed by atoms with Crippen LogP contribution in [0.2, 0.25) is 0 Å². The molecule has 0 spiro atoms. The van der Waals surface area contributed by atoms with E-state index in [4.69, 9.17) is 9.47 Å². The van der Waals surface area contributed by atoms with Crippen molar-refractivity contribution in [1.82, 2.24) is 5.32 Å². The second kappa shape index (κ2) is 3.90. The summed E-state index contributed by atoms with van der Waals surface area (Å²) in [5.74, 6) is -1.92. The lowest BCUT2D eigenvalue weighted by molar-refractivity contribution is 0.0172. The second-order valence-electron chi connectivity index (χ2n) is 3.79. The molecule has 0 radical (unpaired) electrons. The molecule has 0 aliphatic carbocycles. The Balaban J connectivity index is 2.47. The number of hydrogen-bond donors (Lipinski definition) is 1. The first-order chi connectivity index (χ1) is 7.52. The fraction of sp³-hybridized carbons (Fsp3) is 0.455. The Labute approximate surface area is 92.4 Å². The zero-order valence-electron chi connectivity index (χ0n) is 9.14. The number of alkyl halides is 2. The van der Waals surface area contributed by atoms with Gasteiger partial charge in [-0.25, -0.2) is 8.78 Å². The Kier molecular flexibility index (Phi) is 2.71. The summed E-state index contributed by atoms with van der Waals surface area (Å²) in [6, 6.07) is 2.78. The van der Waals surface area contributed by atoms with Gasteiger partial charge in [0.05, 0.1) is 0 Å². The maximum absolute atomic E-state index is 13.2. The molecule has 0 bridgehead atoms. The summed E-state index contributed by atoms with van der Waals surface area (Å²) in [5, 5.41) is 2.91. The van der Waals surface area contributed by atoms with Crippen LogP contribution >= 0.6 is 0 Å². The van der Waals surface area contributed by atoms with Gasteiger partial charge in [-0.3, -0.25) is 0 Å². The highest BCUT2D eigenvalue weighted by molar-refractivity contribution is 5.51. The van der Waals surface area contributed by atoms with Crippen molar-refractivity contribution in [3.05, 3.63) is 23.3 Å². The molecule has 0 saturated heterocycles. The Bertz CT molecular complexity index is 402. The van der Waals surface area contributed by atoms with E-state index in [1.54, 1.807) is 7.05 Å². The van der Waals surface area contributed by atoms with Gasteiger partial charge in [-0.1, -0.05) is 0 Å². The third-order valence-electron chi connectivity index (χ3n) is 2.42. The van der Waals surface area contributed by atoms with E-state index in [9.17, 15) is 8.78 Å². The normalized spacial score (nSPS) is 14.2. The first-order valence-electron chi connectivity index (χ1n) is 4.98. The van der Waals surface area contributed by atoms with Crippen molar-refractivity contribution >= 4 is 0 Å². The third-order valence-corrected chi connectivity index (χ3v) is 2.42. The molecule has 0 aromatic heterocycles. The summed E-state index contributed by atoms with van der Waals surface area (Å²) >= 11 is 0. The number of benzene rings is 1. The Morgan fingerprint density at radius 1 is 1.38 bits per heavy atom. The molecular formula is C11H13F2NO2. The van der Waals surface area contributed by atoms with Crippen molar-refractivity contribution in [3.63, 3.8) is 0 Å². The maximum Gasteiger partial charge on any atom is 0.270 e. The number of hydrogen-bond acceptors (Lipinski definition) is 3. The van der Waals surface area contributed by atoms with E-state index in [2.05, 4.69) is 5.32 Å². The van der Waals surface area contributed by atoms with Crippen LogP contribution in [-0.2, 0) is 12.5 Å². The van der Waals surface area contributed by atoms with E-state index in [1.165, 1.54) is 12.1 Å². The largest absolute Gasteiger partial charge is 0.454 e. The van der Waals surface area contributed by atoms with Gasteiger partial charge in [-0.15, -0.1) is 0 Å². The van der Waals surface area contributed by atoms with Gasteiger partial charge in [-0.2, -0.15) is 0 Å². The quantitative estimate of drug-likeness (QED) is 0.862. The molecule has 5 heteroatoms. The molecule has 1 heterocycles. The summed E-state index contributed by atoms with van der Waals surface area (Å²) < 4.78 is 36.8. The van der Waals surface area contributed by atoms with Crippen LogP contribution in [0.1, 0.15) is 18.1 Å². The third kappa shape index (κ3) is 1.95. The lowest BCUT2D eigenvalue weighted by Gasteiger charge is -2.14. The monoisotopic (exact) mass is 229 g/mol. The first kappa shape index (κ1) is 11.1. The summed E-state index contributed by atoms with van der Waals surface area (Å²) in [4.78, 5) is 0. The SMILES string of the molecule is CNCc1cc(C(C)(F)F)cc2c1OCO2. The second-order valence-corrected chi connectivity index (χ2v) is 3.79.